The Labute approximate surface area is 210 Å². The lowest BCUT2D eigenvalue weighted by atomic mass is 10.1. The van der Waals surface area contributed by atoms with Crippen LogP contribution in [0.1, 0.15) is 45.3 Å². The molecule has 8 nitrogen and oxygen atoms in total. The van der Waals surface area contributed by atoms with Crippen molar-refractivity contribution in [3.05, 3.63) is 70.9 Å². The zero-order chi connectivity index (χ0) is 26.0. The van der Waals surface area contributed by atoms with Crippen molar-refractivity contribution in [2.45, 2.75) is 39.8 Å². The molecule has 1 amide bonds. The van der Waals surface area contributed by atoms with Gasteiger partial charge >= 0.3 is 0 Å². The normalized spacial score (nSPS) is 15.7. The van der Waals surface area contributed by atoms with Crippen LogP contribution >= 0.6 is 0 Å². The molecule has 2 atom stereocenters. The molecule has 2 aromatic heterocycles. The molecule has 0 unspecified atom stereocenters. The summed E-state index contributed by atoms with van der Waals surface area (Å²) in [7, 11) is 0. The molecule has 3 heterocycles. The zero-order valence-electron chi connectivity index (χ0n) is 21.2. The molecule has 0 bridgehead atoms. The van der Waals surface area contributed by atoms with E-state index in [1.165, 1.54) is 12.1 Å². The second kappa shape index (κ2) is 10.5. The maximum absolute atomic E-state index is 15.1. The van der Waals surface area contributed by atoms with Gasteiger partial charge in [-0.25, -0.2) is 9.37 Å². The summed E-state index contributed by atoms with van der Waals surface area (Å²) in [4.78, 5) is 37.1. The van der Waals surface area contributed by atoms with E-state index >= 15 is 4.39 Å². The number of anilines is 2. The van der Waals surface area contributed by atoms with Gasteiger partial charge in [0.25, 0.3) is 5.56 Å². The Bertz CT molecular complexity index is 1330. The predicted octanol–water partition coefficient (Wildman–Crippen LogP) is 4.16. The molecule has 1 N–H and O–H groups in total. The number of carbonyl (C=O) groups is 1. The highest BCUT2D eigenvalue weighted by Crippen LogP contribution is 2.27. The van der Waals surface area contributed by atoms with Crippen molar-refractivity contribution in [1.29, 1.82) is 0 Å². The van der Waals surface area contributed by atoms with E-state index in [9.17, 15) is 9.59 Å². The number of nitrogens with zero attached hydrogens (tertiary/aromatic N) is 5. The van der Waals surface area contributed by atoms with E-state index in [0.29, 0.717) is 43.5 Å². The van der Waals surface area contributed by atoms with E-state index < -0.39 is 0 Å². The third-order valence-electron chi connectivity index (χ3n) is 6.96. The summed E-state index contributed by atoms with van der Waals surface area (Å²) in [6.07, 6.45) is 3.00. The number of aromatic nitrogens is 3. The molecule has 190 valence electrons. The van der Waals surface area contributed by atoms with Gasteiger partial charge in [-0.1, -0.05) is 26.5 Å². The number of benzene rings is 1. The van der Waals surface area contributed by atoms with Gasteiger partial charge in [0.15, 0.2) is 0 Å². The summed E-state index contributed by atoms with van der Waals surface area (Å²) >= 11 is 0. The molecule has 0 spiro atoms. The first-order valence-electron chi connectivity index (χ1n) is 12.3. The van der Waals surface area contributed by atoms with Crippen molar-refractivity contribution in [3.8, 4) is 0 Å². The number of pyridine rings is 1. The van der Waals surface area contributed by atoms with Crippen LogP contribution in [0.15, 0.2) is 54.0 Å². The Hall–Kier alpha value is -3.75. The third-order valence-corrected chi connectivity index (χ3v) is 6.96. The number of rotatable bonds is 7. The van der Waals surface area contributed by atoms with Gasteiger partial charge < -0.3 is 15.1 Å². The maximum Gasteiger partial charge on any atom is 0.252 e. The molecule has 1 aliphatic heterocycles. The number of nitrogens with one attached hydrogen (secondary N) is 1. The standard InChI is InChI=1S/C27H33FN6O2/c1-6-24(35)33-13-11-32(12-14-33)23-9-7-20(15-22(23)28)18(4)30-27-29-16-21-8-10-25(36)34(26(21)31-27)19(5)17(2)3/h6-10,15-19H,1,11-14H2,2-5H3,(H,29,30,31)/t18-,19-/m0/s1. The molecule has 1 saturated heterocycles. The first-order valence-corrected chi connectivity index (χ1v) is 12.3. The number of piperazine rings is 1. The lowest BCUT2D eigenvalue weighted by Gasteiger charge is -2.36. The smallest absolute Gasteiger partial charge is 0.252 e. The number of amides is 1. The molecule has 0 radical (unpaired) electrons. The van der Waals surface area contributed by atoms with Crippen molar-refractivity contribution in [1.82, 2.24) is 19.4 Å². The van der Waals surface area contributed by atoms with Gasteiger partial charge in [-0.2, -0.15) is 4.98 Å². The molecule has 36 heavy (non-hydrogen) atoms. The zero-order valence-corrected chi connectivity index (χ0v) is 21.2. The van der Waals surface area contributed by atoms with Gasteiger partial charge in [0.2, 0.25) is 11.9 Å². The second-order valence-electron chi connectivity index (χ2n) is 9.59. The monoisotopic (exact) mass is 492 g/mol. The van der Waals surface area contributed by atoms with Crippen molar-refractivity contribution in [2.24, 2.45) is 5.92 Å². The summed E-state index contributed by atoms with van der Waals surface area (Å²) in [5, 5.41) is 4.03. The minimum Gasteiger partial charge on any atom is -0.366 e. The van der Waals surface area contributed by atoms with Gasteiger partial charge in [0.05, 0.1) is 11.7 Å². The lowest BCUT2D eigenvalue weighted by Crippen LogP contribution is -2.48. The number of hydrogen-bond acceptors (Lipinski definition) is 6. The SMILES string of the molecule is C=CC(=O)N1CCN(c2ccc([C@H](C)Nc3ncc4ccc(=O)n([C@@H](C)C(C)C)c4n3)cc2F)CC1. The number of carbonyl (C=O) groups excluding carboxylic acids is 1. The molecule has 0 saturated carbocycles. The van der Waals surface area contributed by atoms with Crippen LogP contribution in [0.3, 0.4) is 0 Å². The summed E-state index contributed by atoms with van der Waals surface area (Å²) in [6.45, 7) is 13.8. The Morgan fingerprint density at radius 1 is 1.11 bits per heavy atom. The van der Waals surface area contributed by atoms with Crippen molar-refractivity contribution < 1.29 is 9.18 Å². The van der Waals surface area contributed by atoms with Crippen molar-refractivity contribution in [2.75, 3.05) is 36.4 Å². The largest absolute Gasteiger partial charge is 0.366 e. The van der Waals surface area contributed by atoms with E-state index in [1.807, 2.05) is 24.8 Å². The highest BCUT2D eigenvalue weighted by Gasteiger charge is 2.22. The second-order valence-corrected chi connectivity index (χ2v) is 9.59. The van der Waals surface area contributed by atoms with Crippen LogP contribution in [0.2, 0.25) is 0 Å². The first-order chi connectivity index (χ1) is 17.2. The van der Waals surface area contributed by atoms with Crippen LogP contribution in [0.4, 0.5) is 16.0 Å². The Morgan fingerprint density at radius 2 is 1.83 bits per heavy atom. The van der Waals surface area contributed by atoms with Gasteiger partial charge in [0, 0.05) is 49.9 Å². The molecule has 1 aliphatic rings. The van der Waals surface area contributed by atoms with E-state index in [4.69, 9.17) is 0 Å². The maximum atomic E-state index is 15.1. The van der Waals surface area contributed by atoms with E-state index in [1.54, 1.807) is 33.9 Å². The molecular formula is C27H33FN6O2. The first kappa shape index (κ1) is 25.3. The van der Waals surface area contributed by atoms with Crippen LogP contribution in [0.25, 0.3) is 11.0 Å². The van der Waals surface area contributed by atoms with Gasteiger partial charge in [-0.3, -0.25) is 14.2 Å². The van der Waals surface area contributed by atoms with Crippen molar-refractivity contribution >= 4 is 28.6 Å². The number of fused-ring (bicyclic) bond motifs is 1. The number of halogens is 1. The van der Waals surface area contributed by atoms with Crippen molar-refractivity contribution in [3.63, 3.8) is 0 Å². The molecular weight excluding hydrogens is 459 g/mol. The predicted molar refractivity (Wildman–Crippen MR) is 141 cm³/mol. The molecule has 4 rings (SSSR count). The third kappa shape index (κ3) is 5.10. The minimum atomic E-state index is -0.316. The van der Waals surface area contributed by atoms with Crippen LogP contribution < -0.4 is 15.8 Å². The molecule has 3 aromatic rings. The van der Waals surface area contributed by atoms with E-state index in [2.05, 4.69) is 35.7 Å². The average molecular weight is 493 g/mol. The van der Waals surface area contributed by atoms with E-state index in [0.717, 1.165) is 10.9 Å². The molecule has 9 heteroatoms. The van der Waals surface area contributed by atoms with Gasteiger partial charge in [-0.15, -0.1) is 0 Å². The van der Waals surface area contributed by atoms with Crippen LogP contribution in [-0.2, 0) is 4.79 Å². The fourth-order valence-electron chi connectivity index (χ4n) is 4.42. The summed E-state index contributed by atoms with van der Waals surface area (Å²) in [5.74, 6) is 0.212. The number of hydrogen-bond donors (Lipinski definition) is 1. The summed E-state index contributed by atoms with van der Waals surface area (Å²) < 4.78 is 16.8. The quantitative estimate of drug-likeness (QED) is 0.499. The summed E-state index contributed by atoms with van der Waals surface area (Å²) in [5.41, 5.74) is 1.74. The summed E-state index contributed by atoms with van der Waals surface area (Å²) in [6, 6.07) is 8.16. The average Bonchev–Trinajstić information content (AvgIpc) is 2.87. The van der Waals surface area contributed by atoms with Gasteiger partial charge in [0.1, 0.15) is 11.5 Å². The Morgan fingerprint density at radius 3 is 2.47 bits per heavy atom. The fourth-order valence-corrected chi connectivity index (χ4v) is 4.42. The van der Waals surface area contributed by atoms with E-state index in [-0.39, 0.29) is 35.3 Å². The van der Waals surface area contributed by atoms with Gasteiger partial charge in [-0.05, 0) is 49.6 Å². The lowest BCUT2D eigenvalue weighted by molar-refractivity contribution is -0.126. The van der Waals surface area contributed by atoms with Crippen LogP contribution in [0, 0.1) is 11.7 Å². The molecule has 0 aliphatic carbocycles. The topological polar surface area (TPSA) is 83.4 Å². The highest BCUT2D eigenvalue weighted by atomic mass is 19.1. The fraction of sp³-hybridized carbons (Fsp3) is 0.407. The Kier molecular flexibility index (Phi) is 7.37. The van der Waals surface area contributed by atoms with Crippen LogP contribution in [0.5, 0.6) is 0 Å². The molecule has 1 fully saturated rings. The molecule has 1 aromatic carbocycles. The minimum absolute atomic E-state index is 0.0280. The van der Waals surface area contributed by atoms with Crippen LogP contribution in [-0.4, -0.2) is 51.5 Å². The highest BCUT2D eigenvalue weighted by molar-refractivity contribution is 5.87. The Balaban J connectivity index is 1.52.